The molecule has 2 aromatic carbocycles. The number of carbonyl (C=O) groups excluding carboxylic acids is 1. The quantitative estimate of drug-likeness (QED) is 0.169. The molecule has 1 aliphatic carbocycles. The molecule has 188 valence electrons. The summed E-state index contributed by atoms with van der Waals surface area (Å²) in [6, 6.07) is 14.5. The van der Waals surface area contributed by atoms with Crippen LogP contribution in [-0.4, -0.2) is 29.2 Å². The van der Waals surface area contributed by atoms with E-state index in [1.165, 1.54) is 41.2 Å². The Morgan fingerprint density at radius 3 is 2.57 bits per heavy atom. The smallest absolute Gasteiger partial charge is 0.387 e. The van der Waals surface area contributed by atoms with E-state index in [9.17, 15) is 13.6 Å². The fourth-order valence-electron chi connectivity index (χ4n) is 3.41. The van der Waals surface area contributed by atoms with Gasteiger partial charge >= 0.3 is 12.6 Å². The zero-order chi connectivity index (χ0) is 25.6. The van der Waals surface area contributed by atoms with E-state index < -0.39 is 12.6 Å². The highest BCUT2D eigenvalue weighted by atomic mass is 32.1. The number of amides is 2. The van der Waals surface area contributed by atoms with Gasteiger partial charge in [-0.1, -0.05) is 11.6 Å². The van der Waals surface area contributed by atoms with Crippen molar-refractivity contribution < 1.29 is 18.3 Å². The van der Waals surface area contributed by atoms with Crippen LogP contribution in [-0.2, 0) is 0 Å². The van der Waals surface area contributed by atoms with Crippen molar-refractivity contribution in [1.29, 1.82) is 0 Å². The van der Waals surface area contributed by atoms with Crippen molar-refractivity contribution in [2.45, 2.75) is 13.0 Å². The minimum atomic E-state index is -2.91. The normalized spacial score (nSPS) is 12.0. The van der Waals surface area contributed by atoms with Gasteiger partial charge in [0.25, 0.3) is 0 Å². The largest absolute Gasteiger partial charge is 0.435 e. The third-order valence-electron chi connectivity index (χ3n) is 5.32. The summed E-state index contributed by atoms with van der Waals surface area (Å²) >= 11 is 1.46. The van der Waals surface area contributed by atoms with Crippen molar-refractivity contribution in [3.8, 4) is 17.0 Å². The monoisotopic (exact) mass is 520 g/mol. The highest BCUT2D eigenvalue weighted by molar-refractivity contribution is 7.14. The topological polar surface area (TPSA) is 100 Å². The second-order valence-corrected chi connectivity index (χ2v) is 8.93. The summed E-state index contributed by atoms with van der Waals surface area (Å²) < 4.78 is 29.0. The van der Waals surface area contributed by atoms with E-state index in [2.05, 4.69) is 42.0 Å². The molecule has 0 spiro atoms. The standard InChI is InChI=1S/C26H22F2N6O2S/c27-24(28)36-20-8-5-18(6-9-20)31-25(35)32-19-7-10-21(30-13-16-3-4-16)22(12-19)33-26-34-23(15-37-26)17-2-1-11-29-14-17/h1-3,5-12,14-15,24,30H,4,13H2,(H,33,34)(H2,31,32,35). The number of thiazole rings is 1. The van der Waals surface area contributed by atoms with Gasteiger partial charge in [0, 0.05) is 41.3 Å². The molecule has 0 saturated heterocycles. The van der Waals surface area contributed by atoms with Gasteiger partial charge in [0.15, 0.2) is 5.13 Å². The maximum absolute atomic E-state index is 12.5. The second-order valence-electron chi connectivity index (χ2n) is 8.07. The zero-order valence-corrected chi connectivity index (χ0v) is 20.2. The van der Waals surface area contributed by atoms with Crippen LogP contribution in [0.15, 0.2) is 84.0 Å². The summed E-state index contributed by atoms with van der Waals surface area (Å²) in [5, 5.41) is 14.9. The number of halogens is 2. The number of urea groups is 1. The van der Waals surface area contributed by atoms with Crippen molar-refractivity contribution in [2.75, 3.05) is 27.8 Å². The number of benzene rings is 2. The molecule has 2 amide bonds. The summed E-state index contributed by atoms with van der Waals surface area (Å²) in [5.74, 6) is 0.00981. The Kier molecular flexibility index (Phi) is 7.22. The number of rotatable bonds is 10. The highest BCUT2D eigenvalue weighted by Gasteiger charge is 2.13. The lowest BCUT2D eigenvalue weighted by Crippen LogP contribution is -2.19. The number of hydrogen-bond donors (Lipinski definition) is 4. The van der Waals surface area contributed by atoms with Gasteiger partial charge in [-0.05, 0) is 61.0 Å². The van der Waals surface area contributed by atoms with Gasteiger partial charge in [0.2, 0.25) is 0 Å². The van der Waals surface area contributed by atoms with E-state index in [0.717, 1.165) is 35.6 Å². The van der Waals surface area contributed by atoms with Gasteiger partial charge in [-0.2, -0.15) is 8.78 Å². The average Bonchev–Trinajstić information content (AvgIpc) is 3.61. The molecule has 0 unspecified atom stereocenters. The fraction of sp³-hybridized carbons (Fsp3) is 0.115. The summed E-state index contributed by atoms with van der Waals surface area (Å²) in [7, 11) is 0. The molecule has 5 rings (SSSR count). The number of ether oxygens (including phenoxy) is 1. The first-order valence-electron chi connectivity index (χ1n) is 11.3. The molecule has 0 aliphatic heterocycles. The Hall–Kier alpha value is -4.51. The van der Waals surface area contributed by atoms with Crippen molar-refractivity contribution in [1.82, 2.24) is 9.97 Å². The Bertz CT molecular complexity index is 1410. The average molecular weight is 521 g/mol. The van der Waals surface area contributed by atoms with Crippen LogP contribution in [0.4, 0.5) is 41.5 Å². The van der Waals surface area contributed by atoms with Crippen LogP contribution in [0.3, 0.4) is 0 Å². The Balaban J connectivity index is 1.28. The van der Waals surface area contributed by atoms with E-state index >= 15 is 0 Å². The number of hydrogen-bond acceptors (Lipinski definition) is 7. The molecular weight excluding hydrogens is 498 g/mol. The van der Waals surface area contributed by atoms with Crippen LogP contribution in [0, 0.1) is 0 Å². The van der Waals surface area contributed by atoms with Gasteiger partial charge in [-0.15, -0.1) is 11.3 Å². The molecule has 0 radical (unpaired) electrons. The lowest BCUT2D eigenvalue weighted by Gasteiger charge is -2.15. The second kappa shape index (κ2) is 11.0. The first-order chi connectivity index (χ1) is 18.0. The Morgan fingerprint density at radius 2 is 1.84 bits per heavy atom. The highest BCUT2D eigenvalue weighted by Crippen LogP contribution is 2.33. The number of pyridine rings is 1. The zero-order valence-electron chi connectivity index (χ0n) is 19.4. The maximum atomic E-state index is 12.5. The molecule has 2 aromatic heterocycles. The van der Waals surface area contributed by atoms with Crippen molar-refractivity contribution in [2.24, 2.45) is 0 Å². The van der Waals surface area contributed by atoms with Crippen molar-refractivity contribution in [3.05, 3.63) is 84.0 Å². The van der Waals surface area contributed by atoms with Gasteiger partial charge in [-0.3, -0.25) is 4.98 Å². The van der Waals surface area contributed by atoms with E-state index in [1.807, 2.05) is 29.6 Å². The molecule has 37 heavy (non-hydrogen) atoms. The SMILES string of the molecule is O=C(Nc1ccc(OC(F)F)cc1)Nc1ccc(NCC2=CC2)c(Nc2nc(-c3cccnc3)cs2)c1. The Morgan fingerprint density at radius 1 is 1.05 bits per heavy atom. The van der Waals surface area contributed by atoms with Crippen LogP contribution in [0.2, 0.25) is 0 Å². The summed E-state index contributed by atoms with van der Waals surface area (Å²) in [6.07, 6.45) is 6.66. The molecule has 4 N–H and O–H groups in total. The van der Waals surface area contributed by atoms with Gasteiger partial charge < -0.3 is 26.0 Å². The van der Waals surface area contributed by atoms with E-state index in [-0.39, 0.29) is 5.75 Å². The van der Waals surface area contributed by atoms with Crippen LogP contribution < -0.4 is 26.0 Å². The van der Waals surface area contributed by atoms with E-state index in [4.69, 9.17) is 0 Å². The van der Waals surface area contributed by atoms with Crippen LogP contribution in [0.1, 0.15) is 6.42 Å². The fourth-order valence-corrected chi connectivity index (χ4v) is 4.14. The first kappa shape index (κ1) is 24.2. The third kappa shape index (κ3) is 6.79. The molecule has 0 saturated carbocycles. The third-order valence-corrected chi connectivity index (χ3v) is 6.07. The molecule has 0 atom stereocenters. The molecule has 2 heterocycles. The number of allylic oxidation sites excluding steroid dienone is 1. The van der Waals surface area contributed by atoms with E-state index in [0.29, 0.717) is 16.5 Å². The number of nitrogens with zero attached hydrogens (tertiary/aromatic N) is 2. The van der Waals surface area contributed by atoms with Crippen LogP contribution in [0.25, 0.3) is 11.3 Å². The van der Waals surface area contributed by atoms with Crippen molar-refractivity contribution >= 4 is 45.2 Å². The maximum Gasteiger partial charge on any atom is 0.387 e. The number of carbonyl (C=O) groups is 1. The van der Waals surface area contributed by atoms with Crippen LogP contribution >= 0.6 is 11.3 Å². The molecule has 0 bridgehead atoms. The number of anilines is 5. The van der Waals surface area contributed by atoms with Crippen LogP contribution in [0.5, 0.6) is 5.75 Å². The summed E-state index contributed by atoms with van der Waals surface area (Å²) in [4.78, 5) is 21.4. The lowest BCUT2D eigenvalue weighted by atomic mass is 10.2. The van der Waals surface area contributed by atoms with Gasteiger partial charge in [-0.25, -0.2) is 9.78 Å². The molecule has 11 heteroatoms. The molecule has 4 aromatic rings. The Labute approximate surface area is 215 Å². The summed E-state index contributed by atoms with van der Waals surface area (Å²) in [6.45, 7) is -2.17. The predicted octanol–water partition coefficient (Wildman–Crippen LogP) is 6.94. The minimum Gasteiger partial charge on any atom is -0.435 e. The lowest BCUT2D eigenvalue weighted by molar-refractivity contribution is -0.0498. The van der Waals surface area contributed by atoms with Gasteiger partial charge in [0.1, 0.15) is 5.75 Å². The first-order valence-corrected chi connectivity index (χ1v) is 12.2. The number of nitrogens with one attached hydrogen (secondary N) is 4. The van der Waals surface area contributed by atoms with E-state index in [1.54, 1.807) is 18.5 Å². The van der Waals surface area contributed by atoms with Gasteiger partial charge in [0.05, 0.1) is 17.1 Å². The number of alkyl halides is 2. The molecule has 0 fully saturated rings. The number of aromatic nitrogens is 2. The molecule has 1 aliphatic rings. The predicted molar refractivity (Wildman–Crippen MR) is 142 cm³/mol. The minimum absolute atomic E-state index is 0.00981. The molecular formula is C26H22F2N6O2S. The van der Waals surface area contributed by atoms with Crippen molar-refractivity contribution in [3.63, 3.8) is 0 Å². The molecule has 8 nitrogen and oxygen atoms in total. The summed E-state index contributed by atoms with van der Waals surface area (Å²) in [5.41, 5.74) is 5.68.